The van der Waals surface area contributed by atoms with Gasteiger partial charge in [-0.1, -0.05) is 12.8 Å². The molecule has 1 heterocycles. The summed E-state index contributed by atoms with van der Waals surface area (Å²) in [6.07, 6.45) is 7.37. The first kappa shape index (κ1) is 16.7. The van der Waals surface area contributed by atoms with Gasteiger partial charge in [-0.2, -0.15) is 0 Å². The van der Waals surface area contributed by atoms with Crippen molar-refractivity contribution in [3.05, 3.63) is 0 Å². The summed E-state index contributed by atoms with van der Waals surface area (Å²) in [7, 11) is 3.34. The summed E-state index contributed by atoms with van der Waals surface area (Å²) in [5.74, 6) is 1.00. The van der Waals surface area contributed by atoms with Gasteiger partial charge in [0.15, 0.2) is 0 Å². The first-order valence-electron chi connectivity index (χ1n) is 8.29. The van der Waals surface area contributed by atoms with E-state index in [9.17, 15) is 4.79 Å². The summed E-state index contributed by atoms with van der Waals surface area (Å²) in [5.41, 5.74) is 0. The molecular formula is C16H30N2O3. The molecule has 2 fully saturated rings. The van der Waals surface area contributed by atoms with E-state index in [0.29, 0.717) is 32.3 Å². The Morgan fingerprint density at radius 2 is 1.71 bits per heavy atom. The van der Waals surface area contributed by atoms with E-state index in [0.717, 1.165) is 12.3 Å². The van der Waals surface area contributed by atoms with Crippen molar-refractivity contribution in [1.82, 2.24) is 10.2 Å². The summed E-state index contributed by atoms with van der Waals surface area (Å²) in [5, 5.41) is 3.62. The number of carbonyl (C=O) groups excluding carboxylic acids is 1. The summed E-state index contributed by atoms with van der Waals surface area (Å²) in [6.45, 7) is 2.44. The highest BCUT2D eigenvalue weighted by Gasteiger charge is 2.35. The number of methoxy groups -OCH3 is 2. The molecule has 5 heteroatoms. The fourth-order valence-electron chi connectivity index (χ4n) is 3.65. The second-order valence-corrected chi connectivity index (χ2v) is 6.26. The van der Waals surface area contributed by atoms with Gasteiger partial charge in [0.05, 0.1) is 19.3 Å². The van der Waals surface area contributed by atoms with Crippen LogP contribution >= 0.6 is 0 Å². The van der Waals surface area contributed by atoms with Gasteiger partial charge in [0.2, 0.25) is 5.91 Å². The molecule has 5 nitrogen and oxygen atoms in total. The summed E-state index contributed by atoms with van der Waals surface area (Å²) in [6, 6.07) is 0.534. The fourth-order valence-corrected chi connectivity index (χ4v) is 3.65. The van der Waals surface area contributed by atoms with Gasteiger partial charge in [0.25, 0.3) is 0 Å². The normalized spacial score (nSPS) is 29.0. The smallest absolute Gasteiger partial charge is 0.239 e. The Morgan fingerprint density at radius 3 is 2.38 bits per heavy atom. The number of hydrogen-bond donors (Lipinski definition) is 1. The maximum absolute atomic E-state index is 12.7. The van der Waals surface area contributed by atoms with Crippen molar-refractivity contribution in [2.24, 2.45) is 5.92 Å². The van der Waals surface area contributed by atoms with Crippen molar-refractivity contribution < 1.29 is 14.3 Å². The first-order chi connectivity index (χ1) is 10.3. The predicted molar refractivity (Wildman–Crippen MR) is 82.2 cm³/mol. The second-order valence-electron chi connectivity index (χ2n) is 6.26. The molecule has 0 radical (unpaired) electrons. The molecule has 0 bridgehead atoms. The van der Waals surface area contributed by atoms with Gasteiger partial charge in [-0.25, -0.2) is 0 Å². The van der Waals surface area contributed by atoms with Crippen LogP contribution in [0, 0.1) is 5.92 Å². The van der Waals surface area contributed by atoms with Gasteiger partial charge in [0.1, 0.15) is 0 Å². The van der Waals surface area contributed by atoms with Gasteiger partial charge >= 0.3 is 0 Å². The van der Waals surface area contributed by atoms with Crippen molar-refractivity contribution in [3.8, 4) is 0 Å². The van der Waals surface area contributed by atoms with E-state index in [1.807, 2.05) is 4.90 Å². The van der Waals surface area contributed by atoms with Gasteiger partial charge < -0.3 is 19.7 Å². The van der Waals surface area contributed by atoms with Crippen LogP contribution in [0.4, 0.5) is 0 Å². The average Bonchev–Trinajstić information content (AvgIpc) is 2.54. The highest BCUT2D eigenvalue weighted by atomic mass is 16.5. The van der Waals surface area contributed by atoms with Crippen LogP contribution in [0.25, 0.3) is 0 Å². The highest BCUT2D eigenvalue weighted by molar-refractivity contribution is 5.82. The molecule has 1 saturated heterocycles. The lowest BCUT2D eigenvalue weighted by Crippen LogP contribution is -2.56. The van der Waals surface area contributed by atoms with E-state index < -0.39 is 0 Å². The molecular weight excluding hydrogens is 268 g/mol. The summed E-state index contributed by atoms with van der Waals surface area (Å²) < 4.78 is 10.2. The number of ether oxygens (including phenoxy) is 2. The van der Waals surface area contributed by atoms with Crippen LogP contribution in [-0.2, 0) is 14.3 Å². The van der Waals surface area contributed by atoms with E-state index in [2.05, 4.69) is 5.32 Å². The SMILES string of the molecule is COCCN(CCOC)C(=O)C1CCC2CCCCC2N1. The Hall–Kier alpha value is -0.650. The third kappa shape index (κ3) is 4.66. The van der Waals surface area contributed by atoms with Crippen LogP contribution in [0.5, 0.6) is 0 Å². The number of fused-ring (bicyclic) bond motifs is 1. The molecule has 1 aliphatic carbocycles. The Bertz CT molecular complexity index is 317. The molecule has 0 aromatic heterocycles. The number of hydrogen-bond acceptors (Lipinski definition) is 4. The maximum Gasteiger partial charge on any atom is 0.239 e. The Kier molecular flexibility index (Phi) is 6.93. The topological polar surface area (TPSA) is 50.8 Å². The van der Waals surface area contributed by atoms with Crippen molar-refractivity contribution >= 4 is 5.91 Å². The van der Waals surface area contributed by atoms with E-state index in [1.54, 1.807) is 14.2 Å². The molecule has 1 aliphatic heterocycles. The van der Waals surface area contributed by atoms with Crippen LogP contribution in [-0.4, -0.2) is 63.4 Å². The van der Waals surface area contributed by atoms with Crippen LogP contribution in [0.2, 0.25) is 0 Å². The van der Waals surface area contributed by atoms with Crippen molar-refractivity contribution in [2.45, 2.75) is 50.6 Å². The molecule has 1 N–H and O–H groups in total. The molecule has 0 spiro atoms. The lowest BCUT2D eigenvalue weighted by Gasteiger charge is -2.41. The number of amides is 1. The quantitative estimate of drug-likeness (QED) is 0.772. The molecule has 0 aromatic carbocycles. The molecule has 3 atom stereocenters. The zero-order valence-electron chi connectivity index (χ0n) is 13.5. The standard InChI is InChI=1S/C16H30N2O3/c1-20-11-9-18(10-12-21-2)16(19)15-8-7-13-5-3-4-6-14(13)17-15/h13-15,17H,3-12H2,1-2H3. The number of nitrogens with zero attached hydrogens (tertiary/aromatic N) is 1. The van der Waals surface area contributed by atoms with E-state index >= 15 is 0 Å². The Morgan fingerprint density at radius 1 is 1.05 bits per heavy atom. The molecule has 3 unspecified atom stereocenters. The third-order valence-corrected chi connectivity index (χ3v) is 4.89. The summed E-state index contributed by atoms with van der Waals surface area (Å²) >= 11 is 0. The largest absolute Gasteiger partial charge is 0.383 e. The number of rotatable bonds is 7. The van der Waals surface area contributed by atoms with E-state index in [1.165, 1.54) is 32.1 Å². The minimum Gasteiger partial charge on any atom is -0.383 e. The van der Waals surface area contributed by atoms with Crippen molar-refractivity contribution in [1.29, 1.82) is 0 Å². The maximum atomic E-state index is 12.7. The minimum absolute atomic E-state index is 0.0157. The minimum atomic E-state index is -0.0157. The van der Waals surface area contributed by atoms with Gasteiger partial charge in [0, 0.05) is 33.4 Å². The zero-order valence-corrected chi connectivity index (χ0v) is 13.5. The fraction of sp³-hybridized carbons (Fsp3) is 0.938. The molecule has 0 aromatic rings. The first-order valence-corrected chi connectivity index (χ1v) is 8.29. The van der Waals surface area contributed by atoms with Crippen LogP contribution < -0.4 is 5.32 Å². The molecule has 1 saturated carbocycles. The van der Waals surface area contributed by atoms with Crippen molar-refractivity contribution in [3.63, 3.8) is 0 Å². The molecule has 1 amide bonds. The Labute approximate surface area is 128 Å². The monoisotopic (exact) mass is 298 g/mol. The molecule has 2 aliphatic rings. The van der Waals surface area contributed by atoms with Gasteiger partial charge in [-0.05, 0) is 31.6 Å². The van der Waals surface area contributed by atoms with Crippen LogP contribution in [0.15, 0.2) is 0 Å². The Balaban J connectivity index is 1.89. The molecule has 122 valence electrons. The number of piperidine rings is 1. The summed E-state index contributed by atoms with van der Waals surface area (Å²) in [4.78, 5) is 14.6. The predicted octanol–water partition coefficient (Wildman–Crippen LogP) is 1.42. The van der Waals surface area contributed by atoms with Gasteiger partial charge in [-0.3, -0.25) is 4.79 Å². The third-order valence-electron chi connectivity index (χ3n) is 4.89. The number of carbonyl (C=O) groups is 1. The lowest BCUT2D eigenvalue weighted by atomic mass is 9.77. The molecule has 21 heavy (non-hydrogen) atoms. The second kappa shape index (κ2) is 8.71. The van der Waals surface area contributed by atoms with Gasteiger partial charge in [-0.15, -0.1) is 0 Å². The highest BCUT2D eigenvalue weighted by Crippen LogP contribution is 2.32. The van der Waals surface area contributed by atoms with Crippen LogP contribution in [0.3, 0.4) is 0 Å². The zero-order chi connectivity index (χ0) is 15.1. The van der Waals surface area contributed by atoms with Crippen LogP contribution in [0.1, 0.15) is 38.5 Å². The average molecular weight is 298 g/mol. The van der Waals surface area contributed by atoms with E-state index in [4.69, 9.17) is 9.47 Å². The number of nitrogens with one attached hydrogen (secondary N) is 1. The van der Waals surface area contributed by atoms with Crippen molar-refractivity contribution in [2.75, 3.05) is 40.5 Å². The van der Waals surface area contributed by atoms with E-state index in [-0.39, 0.29) is 11.9 Å². The molecule has 2 rings (SSSR count). The lowest BCUT2D eigenvalue weighted by molar-refractivity contribution is -0.136.